The van der Waals surface area contributed by atoms with E-state index < -0.39 is 0 Å². The van der Waals surface area contributed by atoms with Gasteiger partial charge in [0.15, 0.2) is 0 Å². The van der Waals surface area contributed by atoms with Gasteiger partial charge in [0.2, 0.25) is 5.88 Å². The summed E-state index contributed by atoms with van der Waals surface area (Å²) in [6.07, 6.45) is 5.19. The molecule has 5 rings (SSSR count). The van der Waals surface area contributed by atoms with Crippen molar-refractivity contribution in [1.82, 2.24) is 15.2 Å². The smallest absolute Gasteiger partial charge is 0.253 e. The molecule has 8 heteroatoms. The highest BCUT2D eigenvalue weighted by atomic mass is 35.5. The van der Waals surface area contributed by atoms with Gasteiger partial charge in [0.05, 0.1) is 23.7 Å². The van der Waals surface area contributed by atoms with Gasteiger partial charge in [-0.05, 0) is 67.1 Å². The standard InChI is InChI=1S/C29H31ClN4O3/c1-33(21-12-15-34(16-13-21)22-11-14-31-27(18-22)37-2)29(36)20-8-7-19-9-10-26(24(19)17-20)32-28(35)23-5-3-4-6-25(23)30/h3-8,11,14,17-18,21,26H,9-10,12-13,15-16H2,1-2H3,(H,32,35)/t26-/m1/s1. The topological polar surface area (TPSA) is 74.8 Å². The van der Waals surface area contributed by atoms with E-state index in [0.29, 0.717) is 22.0 Å². The van der Waals surface area contributed by atoms with Crippen molar-refractivity contribution < 1.29 is 14.3 Å². The zero-order chi connectivity index (χ0) is 25.9. The van der Waals surface area contributed by atoms with E-state index in [9.17, 15) is 9.59 Å². The van der Waals surface area contributed by atoms with Gasteiger partial charge in [-0.3, -0.25) is 9.59 Å². The van der Waals surface area contributed by atoms with Crippen molar-refractivity contribution in [2.75, 3.05) is 32.1 Å². The van der Waals surface area contributed by atoms with Crippen LogP contribution in [0.15, 0.2) is 60.8 Å². The summed E-state index contributed by atoms with van der Waals surface area (Å²) >= 11 is 6.22. The Kier molecular flexibility index (Phi) is 7.33. The summed E-state index contributed by atoms with van der Waals surface area (Å²) in [5, 5.41) is 3.54. The lowest BCUT2D eigenvalue weighted by atomic mass is 10.00. The Hall–Kier alpha value is -3.58. The molecular formula is C29H31ClN4O3. The Bertz CT molecular complexity index is 1310. The van der Waals surface area contributed by atoms with Gasteiger partial charge in [-0.15, -0.1) is 0 Å². The summed E-state index contributed by atoms with van der Waals surface area (Å²) in [5.41, 5.74) is 4.39. The van der Waals surface area contributed by atoms with E-state index in [1.807, 2.05) is 42.3 Å². The van der Waals surface area contributed by atoms with Crippen molar-refractivity contribution in [3.63, 3.8) is 0 Å². The third-order valence-corrected chi connectivity index (χ3v) is 7.85. The number of carbonyl (C=O) groups excluding carboxylic acids is 2. The summed E-state index contributed by atoms with van der Waals surface area (Å²) in [7, 11) is 3.51. The summed E-state index contributed by atoms with van der Waals surface area (Å²) in [6, 6.07) is 16.9. The third-order valence-electron chi connectivity index (χ3n) is 7.52. The molecule has 0 saturated carbocycles. The number of fused-ring (bicyclic) bond motifs is 1. The molecule has 0 bridgehead atoms. The summed E-state index contributed by atoms with van der Waals surface area (Å²) < 4.78 is 5.25. The van der Waals surface area contributed by atoms with E-state index in [-0.39, 0.29) is 23.9 Å². The fourth-order valence-corrected chi connectivity index (χ4v) is 5.58. The number of ether oxygens (including phenoxy) is 1. The normalized spacial score (nSPS) is 17.3. The number of nitrogens with one attached hydrogen (secondary N) is 1. The maximum Gasteiger partial charge on any atom is 0.253 e. The minimum atomic E-state index is -0.198. The van der Waals surface area contributed by atoms with E-state index in [1.54, 1.807) is 37.6 Å². The van der Waals surface area contributed by atoms with E-state index in [0.717, 1.165) is 50.0 Å². The zero-order valence-corrected chi connectivity index (χ0v) is 21.9. The number of hydrogen-bond acceptors (Lipinski definition) is 5. The van der Waals surface area contributed by atoms with Crippen LogP contribution in [0.4, 0.5) is 5.69 Å². The second-order valence-corrected chi connectivity index (χ2v) is 10.1. The van der Waals surface area contributed by atoms with E-state index in [1.165, 1.54) is 5.56 Å². The maximum absolute atomic E-state index is 13.5. The predicted octanol–water partition coefficient (Wildman–Crippen LogP) is 4.90. The van der Waals surface area contributed by atoms with Crippen molar-refractivity contribution in [1.29, 1.82) is 0 Å². The van der Waals surface area contributed by atoms with Crippen LogP contribution in [0.5, 0.6) is 5.88 Å². The SMILES string of the molecule is COc1cc(N2CCC(N(C)C(=O)c3ccc4c(c3)[C@H](NC(=O)c3ccccc3Cl)CC4)CC2)ccn1. The lowest BCUT2D eigenvalue weighted by Gasteiger charge is -2.38. The maximum atomic E-state index is 13.5. The second kappa shape index (κ2) is 10.8. The van der Waals surface area contributed by atoms with Crippen LogP contribution in [-0.4, -0.2) is 55.0 Å². The Morgan fingerprint density at radius 2 is 1.86 bits per heavy atom. The molecule has 7 nitrogen and oxygen atoms in total. The quantitative estimate of drug-likeness (QED) is 0.502. The molecule has 0 radical (unpaired) electrons. The van der Waals surface area contributed by atoms with E-state index >= 15 is 0 Å². The summed E-state index contributed by atoms with van der Waals surface area (Å²) in [4.78, 5) is 34.7. The first kappa shape index (κ1) is 25.1. The number of nitrogens with zero attached hydrogens (tertiary/aromatic N) is 3. The average Bonchev–Trinajstić information content (AvgIpc) is 3.34. The number of aromatic nitrogens is 1. The van der Waals surface area contributed by atoms with Crippen molar-refractivity contribution in [2.45, 2.75) is 37.8 Å². The molecule has 0 unspecified atom stereocenters. The van der Waals surface area contributed by atoms with Crippen LogP contribution in [0.1, 0.15) is 57.1 Å². The fourth-order valence-electron chi connectivity index (χ4n) is 5.35. The Morgan fingerprint density at radius 1 is 1.08 bits per heavy atom. The Balaban J connectivity index is 1.24. The number of piperidine rings is 1. The highest BCUT2D eigenvalue weighted by Gasteiger charge is 2.29. The van der Waals surface area contributed by atoms with E-state index in [4.69, 9.17) is 16.3 Å². The first-order chi connectivity index (χ1) is 17.9. The van der Waals surface area contributed by atoms with Gasteiger partial charge in [-0.1, -0.05) is 29.8 Å². The molecule has 1 atom stereocenters. The molecule has 37 heavy (non-hydrogen) atoms. The molecule has 3 aromatic rings. The minimum Gasteiger partial charge on any atom is -0.481 e. The molecule has 192 valence electrons. The average molecular weight is 519 g/mol. The van der Waals surface area contributed by atoms with Crippen molar-refractivity contribution in [3.8, 4) is 5.88 Å². The fraction of sp³-hybridized carbons (Fsp3) is 0.345. The Morgan fingerprint density at radius 3 is 2.62 bits per heavy atom. The van der Waals surface area contributed by atoms with Crippen molar-refractivity contribution in [2.24, 2.45) is 0 Å². The molecule has 1 fully saturated rings. The van der Waals surface area contributed by atoms with E-state index in [2.05, 4.69) is 15.2 Å². The van der Waals surface area contributed by atoms with Gasteiger partial charge in [0.1, 0.15) is 0 Å². The van der Waals surface area contributed by atoms with Gasteiger partial charge in [-0.25, -0.2) is 4.98 Å². The molecule has 1 saturated heterocycles. The van der Waals surface area contributed by atoms with Crippen LogP contribution in [0.3, 0.4) is 0 Å². The summed E-state index contributed by atoms with van der Waals surface area (Å²) in [5.74, 6) is 0.413. The zero-order valence-electron chi connectivity index (χ0n) is 21.1. The number of pyridine rings is 1. The molecular weight excluding hydrogens is 488 g/mol. The monoisotopic (exact) mass is 518 g/mol. The molecule has 1 N–H and O–H groups in total. The minimum absolute atomic E-state index is 0.00918. The number of benzene rings is 2. The number of amides is 2. The Labute approximate surface area is 222 Å². The highest BCUT2D eigenvalue weighted by Crippen LogP contribution is 2.33. The van der Waals surface area contributed by atoms with Crippen LogP contribution < -0.4 is 15.0 Å². The molecule has 2 aliphatic rings. The number of rotatable bonds is 6. The van der Waals surface area contributed by atoms with Gasteiger partial charge in [0.25, 0.3) is 11.8 Å². The van der Waals surface area contributed by atoms with Crippen LogP contribution >= 0.6 is 11.6 Å². The van der Waals surface area contributed by atoms with Gasteiger partial charge >= 0.3 is 0 Å². The molecule has 1 aromatic heterocycles. The predicted molar refractivity (Wildman–Crippen MR) is 145 cm³/mol. The lowest BCUT2D eigenvalue weighted by molar-refractivity contribution is 0.0709. The number of carbonyl (C=O) groups is 2. The summed E-state index contributed by atoms with van der Waals surface area (Å²) in [6.45, 7) is 1.71. The largest absolute Gasteiger partial charge is 0.481 e. The highest BCUT2D eigenvalue weighted by molar-refractivity contribution is 6.33. The molecule has 2 heterocycles. The number of aryl methyl sites for hydroxylation is 1. The first-order valence-corrected chi connectivity index (χ1v) is 13.0. The third kappa shape index (κ3) is 5.27. The molecule has 1 aliphatic heterocycles. The molecule has 2 aromatic carbocycles. The number of methoxy groups -OCH3 is 1. The number of halogens is 1. The van der Waals surface area contributed by atoms with Crippen molar-refractivity contribution >= 4 is 29.1 Å². The molecule has 2 amide bonds. The van der Waals surface area contributed by atoms with Crippen LogP contribution in [0.25, 0.3) is 0 Å². The number of hydrogen-bond donors (Lipinski definition) is 1. The second-order valence-electron chi connectivity index (χ2n) is 9.65. The molecule has 1 aliphatic carbocycles. The number of anilines is 1. The first-order valence-electron chi connectivity index (χ1n) is 12.6. The van der Waals surface area contributed by atoms with Gasteiger partial charge in [-0.2, -0.15) is 0 Å². The van der Waals surface area contributed by atoms with Gasteiger partial charge in [0, 0.05) is 49.7 Å². The van der Waals surface area contributed by atoms with Crippen molar-refractivity contribution in [3.05, 3.63) is 88.1 Å². The lowest BCUT2D eigenvalue weighted by Crippen LogP contribution is -2.45. The van der Waals surface area contributed by atoms with Gasteiger partial charge < -0.3 is 19.9 Å². The van der Waals surface area contributed by atoms with Crippen LogP contribution in [0.2, 0.25) is 5.02 Å². The van der Waals surface area contributed by atoms with Crippen LogP contribution in [0, 0.1) is 0 Å². The molecule has 0 spiro atoms. The van der Waals surface area contributed by atoms with Crippen LogP contribution in [-0.2, 0) is 6.42 Å².